The van der Waals surface area contributed by atoms with E-state index < -0.39 is 15.8 Å². The van der Waals surface area contributed by atoms with Gasteiger partial charge in [0.1, 0.15) is 10.7 Å². The predicted molar refractivity (Wildman–Crippen MR) is 84.1 cm³/mol. The molecule has 1 fully saturated rings. The fourth-order valence-electron chi connectivity index (χ4n) is 2.15. The third kappa shape index (κ3) is 4.25. The first kappa shape index (κ1) is 16.9. The first-order valence-corrected chi connectivity index (χ1v) is 9.42. The van der Waals surface area contributed by atoms with Crippen LogP contribution in [-0.2, 0) is 16.6 Å². The van der Waals surface area contributed by atoms with Crippen LogP contribution in [0.5, 0.6) is 0 Å². The summed E-state index contributed by atoms with van der Waals surface area (Å²) in [7, 11) is -3.81. The van der Waals surface area contributed by atoms with Crippen molar-refractivity contribution in [1.29, 1.82) is 0 Å². The molecule has 0 aliphatic heterocycles. The Morgan fingerprint density at radius 1 is 1.38 bits per heavy atom. The Labute approximate surface area is 133 Å². The Hall–Kier alpha value is -0.500. The molecule has 2 N–H and O–H groups in total. The number of rotatable bonds is 7. The maximum atomic E-state index is 14.5. The summed E-state index contributed by atoms with van der Waals surface area (Å²) in [6.45, 7) is 3.09. The SMILES string of the molecule is CCCNCc1cc(Br)cc(S(=O)(=O)NC2CCC2)c1F. The fourth-order valence-corrected chi connectivity index (χ4v) is 4.26. The molecule has 0 radical (unpaired) electrons. The average Bonchev–Trinajstić information content (AvgIpc) is 2.38. The van der Waals surface area contributed by atoms with Crippen molar-refractivity contribution < 1.29 is 12.8 Å². The van der Waals surface area contributed by atoms with Crippen molar-refractivity contribution in [3.05, 3.63) is 28.0 Å². The standard InChI is InChI=1S/C14H20BrFN2O2S/c1-2-6-17-9-10-7-11(15)8-13(14(10)16)21(19,20)18-12-4-3-5-12/h7-8,12,17-18H,2-6,9H2,1H3. The second-order valence-electron chi connectivity index (χ2n) is 5.30. The van der Waals surface area contributed by atoms with E-state index in [1.807, 2.05) is 6.92 Å². The van der Waals surface area contributed by atoms with Gasteiger partial charge in [-0.1, -0.05) is 29.3 Å². The van der Waals surface area contributed by atoms with Crippen LogP contribution in [0.1, 0.15) is 38.2 Å². The van der Waals surface area contributed by atoms with Crippen molar-refractivity contribution in [2.45, 2.75) is 50.1 Å². The van der Waals surface area contributed by atoms with Gasteiger partial charge in [0, 0.05) is 22.6 Å². The number of halogens is 2. The lowest BCUT2D eigenvalue weighted by Gasteiger charge is -2.26. The van der Waals surface area contributed by atoms with Crippen molar-refractivity contribution in [3.8, 4) is 0 Å². The van der Waals surface area contributed by atoms with Crippen LogP contribution in [0.3, 0.4) is 0 Å². The van der Waals surface area contributed by atoms with E-state index in [1.165, 1.54) is 6.07 Å². The number of nitrogens with one attached hydrogen (secondary N) is 2. The van der Waals surface area contributed by atoms with Crippen molar-refractivity contribution in [3.63, 3.8) is 0 Å². The minimum Gasteiger partial charge on any atom is -0.313 e. The molecule has 0 saturated heterocycles. The number of hydrogen-bond donors (Lipinski definition) is 2. The molecule has 0 spiro atoms. The summed E-state index contributed by atoms with van der Waals surface area (Å²) in [5, 5.41) is 3.09. The highest BCUT2D eigenvalue weighted by Crippen LogP contribution is 2.26. The van der Waals surface area contributed by atoms with Gasteiger partial charge in [-0.25, -0.2) is 17.5 Å². The maximum Gasteiger partial charge on any atom is 0.243 e. The van der Waals surface area contributed by atoms with Gasteiger partial charge in [-0.2, -0.15) is 0 Å². The van der Waals surface area contributed by atoms with Gasteiger partial charge < -0.3 is 5.32 Å². The van der Waals surface area contributed by atoms with Crippen molar-refractivity contribution in [2.24, 2.45) is 0 Å². The van der Waals surface area contributed by atoms with E-state index in [0.717, 1.165) is 32.2 Å². The van der Waals surface area contributed by atoms with Gasteiger partial charge in [-0.15, -0.1) is 0 Å². The lowest BCUT2D eigenvalue weighted by molar-refractivity contribution is 0.382. The maximum absolute atomic E-state index is 14.5. The number of benzene rings is 1. The normalized spacial score (nSPS) is 16.0. The number of hydrogen-bond acceptors (Lipinski definition) is 3. The van der Waals surface area contributed by atoms with Crippen LogP contribution in [-0.4, -0.2) is 21.0 Å². The van der Waals surface area contributed by atoms with Gasteiger partial charge in [-0.3, -0.25) is 0 Å². The first-order chi connectivity index (χ1) is 9.94. The fraction of sp³-hybridized carbons (Fsp3) is 0.571. The van der Waals surface area contributed by atoms with Crippen LogP contribution >= 0.6 is 15.9 Å². The van der Waals surface area contributed by atoms with E-state index in [4.69, 9.17) is 0 Å². The summed E-state index contributed by atoms with van der Waals surface area (Å²) >= 11 is 3.26. The first-order valence-electron chi connectivity index (χ1n) is 7.15. The highest BCUT2D eigenvalue weighted by molar-refractivity contribution is 9.10. The molecule has 118 valence electrons. The van der Waals surface area contributed by atoms with E-state index in [2.05, 4.69) is 26.0 Å². The summed E-state index contributed by atoms with van der Waals surface area (Å²) in [6.07, 6.45) is 3.59. The molecule has 1 saturated carbocycles. The Morgan fingerprint density at radius 3 is 2.67 bits per heavy atom. The molecule has 0 atom stereocenters. The molecular weight excluding hydrogens is 359 g/mol. The molecule has 2 rings (SSSR count). The van der Waals surface area contributed by atoms with Crippen molar-refractivity contribution >= 4 is 26.0 Å². The monoisotopic (exact) mass is 378 g/mol. The molecule has 21 heavy (non-hydrogen) atoms. The van der Waals surface area contributed by atoms with Gasteiger partial charge in [0.05, 0.1) is 0 Å². The lowest BCUT2D eigenvalue weighted by Crippen LogP contribution is -2.39. The van der Waals surface area contributed by atoms with Gasteiger partial charge in [0.25, 0.3) is 0 Å². The van der Waals surface area contributed by atoms with Crippen LogP contribution in [0.2, 0.25) is 0 Å². The van der Waals surface area contributed by atoms with E-state index >= 15 is 0 Å². The Morgan fingerprint density at radius 2 is 2.10 bits per heavy atom. The van der Waals surface area contributed by atoms with Crippen LogP contribution in [0.25, 0.3) is 0 Å². The molecule has 0 heterocycles. The molecular formula is C14H20BrFN2O2S. The highest BCUT2D eigenvalue weighted by atomic mass is 79.9. The molecule has 0 amide bonds. The third-order valence-electron chi connectivity index (χ3n) is 3.54. The van der Waals surface area contributed by atoms with Crippen LogP contribution in [0.4, 0.5) is 4.39 Å². The van der Waals surface area contributed by atoms with E-state index in [0.29, 0.717) is 16.6 Å². The third-order valence-corrected chi connectivity index (χ3v) is 5.52. The average molecular weight is 379 g/mol. The largest absolute Gasteiger partial charge is 0.313 e. The Balaban J connectivity index is 2.25. The molecule has 1 aromatic rings. The number of sulfonamides is 1. The van der Waals surface area contributed by atoms with Crippen LogP contribution in [0, 0.1) is 5.82 Å². The highest BCUT2D eigenvalue weighted by Gasteiger charge is 2.28. The second-order valence-corrected chi connectivity index (χ2v) is 7.90. The summed E-state index contributed by atoms with van der Waals surface area (Å²) in [5.41, 5.74) is 0.354. The van der Waals surface area contributed by atoms with E-state index in [9.17, 15) is 12.8 Å². The zero-order valence-corrected chi connectivity index (χ0v) is 14.4. The van der Waals surface area contributed by atoms with E-state index in [1.54, 1.807) is 6.07 Å². The van der Waals surface area contributed by atoms with Gasteiger partial charge >= 0.3 is 0 Å². The van der Waals surface area contributed by atoms with Crippen LogP contribution < -0.4 is 10.0 Å². The summed E-state index contributed by atoms with van der Waals surface area (Å²) < 4.78 is 42.2. The summed E-state index contributed by atoms with van der Waals surface area (Å²) in [4.78, 5) is -0.280. The predicted octanol–water partition coefficient (Wildman–Crippen LogP) is 2.92. The van der Waals surface area contributed by atoms with Crippen molar-refractivity contribution in [2.75, 3.05) is 6.54 Å². The second kappa shape index (κ2) is 7.17. The molecule has 1 aliphatic rings. The van der Waals surface area contributed by atoms with Crippen molar-refractivity contribution in [1.82, 2.24) is 10.0 Å². The minimum absolute atomic E-state index is 0.0601. The molecule has 0 unspecified atom stereocenters. The van der Waals surface area contributed by atoms with Gasteiger partial charge in [0.2, 0.25) is 10.0 Å². The smallest absolute Gasteiger partial charge is 0.243 e. The van der Waals surface area contributed by atoms with Gasteiger partial charge in [-0.05, 0) is 37.9 Å². The molecule has 0 aromatic heterocycles. The minimum atomic E-state index is -3.81. The lowest BCUT2D eigenvalue weighted by atomic mass is 9.94. The van der Waals surface area contributed by atoms with E-state index in [-0.39, 0.29) is 10.9 Å². The molecule has 0 bridgehead atoms. The topological polar surface area (TPSA) is 58.2 Å². The molecule has 1 aromatic carbocycles. The zero-order valence-electron chi connectivity index (χ0n) is 12.0. The zero-order chi connectivity index (χ0) is 15.5. The Bertz CT molecular complexity index is 603. The molecule has 4 nitrogen and oxygen atoms in total. The molecule has 1 aliphatic carbocycles. The molecule has 7 heteroatoms. The summed E-state index contributed by atoms with van der Waals surface area (Å²) in [5.74, 6) is -0.673. The van der Waals surface area contributed by atoms with Crippen LogP contribution in [0.15, 0.2) is 21.5 Å². The quantitative estimate of drug-likeness (QED) is 0.717. The summed E-state index contributed by atoms with van der Waals surface area (Å²) in [6, 6.07) is 2.87. The van der Waals surface area contributed by atoms with Gasteiger partial charge in [0.15, 0.2) is 0 Å². The Kier molecular flexibility index (Phi) is 5.76.